The molecule has 0 saturated carbocycles. The van der Waals surface area contributed by atoms with E-state index in [0.717, 1.165) is 12.8 Å². The highest BCUT2D eigenvalue weighted by Crippen LogP contribution is 2.22. The van der Waals surface area contributed by atoms with Gasteiger partial charge in [-0.1, -0.05) is 6.92 Å². The number of fused-ring (bicyclic) bond motifs is 1. The Labute approximate surface area is 162 Å². The van der Waals surface area contributed by atoms with Crippen LogP contribution in [0.2, 0.25) is 5.28 Å². The number of amides is 1. The molecule has 0 aliphatic carbocycles. The standard InChI is InChI=1S/C18H25ClN4O4/c1-11(6-5-7-20-17(26)27-18(2,3)4)10-23-13(15(24)25)8-12-9-21-16(19)22-14(12)23/h8-9,11H,5-7,10H2,1-4H3,(H,20,26)(H,24,25)/t11-/m0/s1. The van der Waals surface area contributed by atoms with Crippen molar-refractivity contribution in [3.8, 4) is 0 Å². The highest BCUT2D eigenvalue weighted by molar-refractivity contribution is 6.28. The Morgan fingerprint density at radius 3 is 2.74 bits per heavy atom. The van der Waals surface area contributed by atoms with Crippen molar-refractivity contribution in [3.05, 3.63) is 23.2 Å². The van der Waals surface area contributed by atoms with Crippen LogP contribution in [0.5, 0.6) is 0 Å². The summed E-state index contributed by atoms with van der Waals surface area (Å²) in [6, 6.07) is 1.55. The number of aromatic nitrogens is 3. The molecule has 0 spiro atoms. The average molecular weight is 397 g/mol. The van der Waals surface area contributed by atoms with Gasteiger partial charge in [-0.25, -0.2) is 14.6 Å². The zero-order valence-electron chi connectivity index (χ0n) is 16.0. The zero-order valence-corrected chi connectivity index (χ0v) is 16.7. The molecule has 8 nitrogen and oxygen atoms in total. The fourth-order valence-electron chi connectivity index (χ4n) is 2.74. The minimum Gasteiger partial charge on any atom is -0.477 e. The number of aromatic carboxylic acids is 1. The number of carbonyl (C=O) groups is 2. The molecule has 0 fully saturated rings. The van der Waals surface area contributed by atoms with Crippen molar-refractivity contribution >= 4 is 34.7 Å². The second kappa shape index (κ2) is 8.56. The van der Waals surface area contributed by atoms with Crippen molar-refractivity contribution in [1.82, 2.24) is 19.9 Å². The lowest BCUT2D eigenvalue weighted by atomic mass is 10.1. The molecule has 2 N–H and O–H groups in total. The molecule has 0 unspecified atom stereocenters. The van der Waals surface area contributed by atoms with E-state index in [9.17, 15) is 14.7 Å². The summed E-state index contributed by atoms with van der Waals surface area (Å²) in [7, 11) is 0. The third kappa shape index (κ3) is 6.09. The van der Waals surface area contributed by atoms with E-state index >= 15 is 0 Å². The normalized spacial score (nSPS) is 12.8. The monoisotopic (exact) mass is 396 g/mol. The first-order valence-corrected chi connectivity index (χ1v) is 9.16. The number of nitrogens with one attached hydrogen (secondary N) is 1. The molecule has 0 aliphatic heterocycles. The molecule has 9 heteroatoms. The molecule has 0 radical (unpaired) electrons. The summed E-state index contributed by atoms with van der Waals surface area (Å²) in [4.78, 5) is 31.2. The van der Waals surface area contributed by atoms with Gasteiger partial charge in [-0.3, -0.25) is 0 Å². The van der Waals surface area contributed by atoms with Gasteiger partial charge < -0.3 is 19.7 Å². The Morgan fingerprint density at radius 1 is 1.41 bits per heavy atom. The van der Waals surface area contributed by atoms with E-state index in [0.29, 0.717) is 24.1 Å². The first-order chi connectivity index (χ1) is 12.6. The number of carbonyl (C=O) groups excluding carboxylic acids is 1. The highest BCUT2D eigenvalue weighted by atomic mass is 35.5. The molecule has 1 amide bonds. The van der Waals surface area contributed by atoms with E-state index in [2.05, 4.69) is 15.3 Å². The molecule has 0 aromatic carbocycles. The number of carboxylic acids is 1. The fourth-order valence-corrected chi connectivity index (χ4v) is 2.87. The third-order valence-corrected chi connectivity index (χ3v) is 4.04. The Balaban J connectivity index is 1.95. The van der Waals surface area contributed by atoms with E-state index < -0.39 is 17.7 Å². The maximum atomic E-state index is 11.6. The van der Waals surface area contributed by atoms with Crippen molar-refractivity contribution < 1.29 is 19.4 Å². The zero-order chi connectivity index (χ0) is 20.2. The number of rotatable bonds is 7. The van der Waals surface area contributed by atoms with Crippen LogP contribution in [-0.2, 0) is 11.3 Å². The van der Waals surface area contributed by atoms with Gasteiger partial charge in [0, 0.05) is 24.7 Å². The minimum atomic E-state index is -1.03. The third-order valence-electron chi connectivity index (χ3n) is 3.86. The molecule has 2 aromatic rings. The number of ether oxygens (including phenoxy) is 1. The molecular formula is C18H25ClN4O4. The van der Waals surface area contributed by atoms with E-state index in [1.807, 2.05) is 27.7 Å². The van der Waals surface area contributed by atoms with Gasteiger partial charge in [-0.05, 0) is 57.2 Å². The summed E-state index contributed by atoms with van der Waals surface area (Å²) >= 11 is 5.86. The van der Waals surface area contributed by atoms with E-state index in [4.69, 9.17) is 16.3 Å². The topological polar surface area (TPSA) is 106 Å². The van der Waals surface area contributed by atoms with Crippen molar-refractivity contribution in [2.75, 3.05) is 6.54 Å². The van der Waals surface area contributed by atoms with Crippen LogP contribution < -0.4 is 5.32 Å². The molecule has 0 aliphatic rings. The van der Waals surface area contributed by atoms with Gasteiger partial charge >= 0.3 is 12.1 Å². The maximum Gasteiger partial charge on any atom is 0.407 e. The van der Waals surface area contributed by atoms with Crippen LogP contribution in [0.1, 0.15) is 51.0 Å². The van der Waals surface area contributed by atoms with Crippen LogP contribution in [0.25, 0.3) is 11.0 Å². The van der Waals surface area contributed by atoms with Crippen LogP contribution in [-0.4, -0.2) is 43.8 Å². The quantitative estimate of drug-likeness (QED) is 0.545. The van der Waals surface area contributed by atoms with Gasteiger partial charge in [0.25, 0.3) is 0 Å². The van der Waals surface area contributed by atoms with Crippen molar-refractivity contribution in [1.29, 1.82) is 0 Å². The smallest absolute Gasteiger partial charge is 0.407 e. The Bertz CT molecular complexity index is 829. The summed E-state index contributed by atoms with van der Waals surface area (Å²) in [5.74, 6) is -0.851. The number of carboxylic acid groups (broad SMARTS) is 1. The predicted molar refractivity (Wildman–Crippen MR) is 102 cm³/mol. The van der Waals surface area contributed by atoms with Crippen molar-refractivity contribution in [2.24, 2.45) is 5.92 Å². The van der Waals surface area contributed by atoms with Crippen LogP contribution in [0.4, 0.5) is 4.79 Å². The van der Waals surface area contributed by atoms with Gasteiger partial charge in [-0.15, -0.1) is 0 Å². The van der Waals surface area contributed by atoms with Crippen LogP contribution in [0.15, 0.2) is 12.3 Å². The lowest BCUT2D eigenvalue weighted by molar-refractivity contribution is 0.0525. The molecule has 1 atom stereocenters. The highest BCUT2D eigenvalue weighted by Gasteiger charge is 2.19. The van der Waals surface area contributed by atoms with Crippen LogP contribution >= 0.6 is 11.6 Å². The molecule has 2 heterocycles. The first kappa shape index (κ1) is 21.0. The second-order valence-electron chi connectivity index (χ2n) is 7.54. The van der Waals surface area contributed by atoms with Gasteiger partial charge in [0.1, 0.15) is 16.9 Å². The molecule has 148 valence electrons. The molecule has 27 heavy (non-hydrogen) atoms. The Hall–Kier alpha value is -2.35. The number of alkyl carbamates (subject to hydrolysis) is 1. The molecule has 0 bridgehead atoms. The molecule has 2 aromatic heterocycles. The van der Waals surface area contributed by atoms with Crippen molar-refractivity contribution in [3.63, 3.8) is 0 Å². The minimum absolute atomic E-state index is 0.0769. The number of hydrogen-bond acceptors (Lipinski definition) is 5. The molecular weight excluding hydrogens is 372 g/mol. The second-order valence-corrected chi connectivity index (χ2v) is 7.88. The van der Waals surface area contributed by atoms with Crippen LogP contribution in [0, 0.1) is 5.92 Å². The van der Waals surface area contributed by atoms with E-state index in [1.165, 1.54) is 6.20 Å². The van der Waals surface area contributed by atoms with Crippen molar-refractivity contribution in [2.45, 2.75) is 52.7 Å². The average Bonchev–Trinajstić information content (AvgIpc) is 2.88. The van der Waals surface area contributed by atoms with Gasteiger partial charge in [0.05, 0.1) is 0 Å². The first-order valence-electron chi connectivity index (χ1n) is 8.78. The molecule has 2 rings (SSSR count). The van der Waals surface area contributed by atoms with Crippen LogP contribution in [0.3, 0.4) is 0 Å². The Morgan fingerprint density at radius 2 is 2.11 bits per heavy atom. The number of nitrogens with zero attached hydrogens (tertiary/aromatic N) is 3. The SMILES string of the molecule is C[C@@H](CCCNC(=O)OC(C)(C)C)Cn1c(C(=O)O)cc2cnc(Cl)nc21. The number of hydrogen-bond donors (Lipinski definition) is 2. The summed E-state index contributed by atoms with van der Waals surface area (Å²) in [6.07, 6.45) is 2.62. The summed E-state index contributed by atoms with van der Waals surface area (Å²) in [6.45, 7) is 8.42. The predicted octanol–water partition coefficient (Wildman–Crippen LogP) is 3.72. The summed E-state index contributed by atoms with van der Waals surface area (Å²) in [5.41, 5.74) is 0.134. The van der Waals surface area contributed by atoms with E-state index in [-0.39, 0.29) is 16.9 Å². The lowest BCUT2D eigenvalue weighted by Gasteiger charge is -2.20. The van der Waals surface area contributed by atoms with E-state index in [1.54, 1.807) is 10.6 Å². The lowest BCUT2D eigenvalue weighted by Crippen LogP contribution is -2.33. The van der Waals surface area contributed by atoms with Gasteiger partial charge in [0.2, 0.25) is 5.28 Å². The fraction of sp³-hybridized carbons (Fsp3) is 0.556. The largest absolute Gasteiger partial charge is 0.477 e. The molecule has 0 saturated heterocycles. The summed E-state index contributed by atoms with van der Waals surface area (Å²) in [5, 5.41) is 12.9. The summed E-state index contributed by atoms with van der Waals surface area (Å²) < 4.78 is 6.84. The number of halogens is 1. The van der Waals surface area contributed by atoms with Gasteiger partial charge in [-0.2, -0.15) is 4.98 Å². The van der Waals surface area contributed by atoms with Gasteiger partial charge in [0.15, 0.2) is 0 Å². The maximum absolute atomic E-state index is 11.6. The Kier molecular flexibility index (Phi) is 6.64.